The molecule has 0 amide bonds. The Kier molecular flexibility index (Phi) is 6.78. The molecule has 1 heterocycles. The summed E-state index contributed by atoms with van der Waals surface area (Å²) in [5.74, 6) is 0.980. The van der Waals surface area contributed by atoms with E-state index in [1.54, 1.807) is 7.05 Å². The predicted octanol–water partition coefficient (Wildman–Crippen LogP) is 0.886. The Morgan fingerprint density at radius 2 is 1.89 bits per heavy atom. The number of ether oxygens (including phenoxy) is 1. The minimum atomic E-state index is 0.240. The molecule has 0 aromatic carbocycles. The van der Waals surface area contributed by atoms with Crippen LogP contribution in [-0.4, -0.2) is 46.9 Å². The standard InChI is InChI=1S/C11H21N5O2/c1-3-18-11-15-9(12-2)14-10(16-11)13-7-5-4-6-8-17/h17H,3-8H2,1-2H3,(H2,12,13,14,15,16). The summed E-state index contributed by atoms with van der Waals surface area (Å²) in [6.45, 7) is 3.40. The van der Waals surface area contributed by atoms with Crippen molar-refractivity contribution in [3.8, 4) is 6.01 Å². The lowest BCUT2D eigenvalue weighted by molar-refractivity contribution is 0.283. The van der Waals surface area contributed by atoms with E-state index in [4.69, 9.17) is 9.84 Å². The highest BCUT2D eigenvalue weighted by Crippen LogP contribution is 2.10. The van der Waals surface area contributed by atoms with E-state index in [1.807, 2.05) is 6.92 Å². The molecule has 0 atom stereocenters. The number of aliphatic hydroxyl groups is 1. The van der Waals surface area contributed by atoms with Crippen LogP contribution < -0.4 is 15.4 Å². The summed E-state index contributed by atoms with van der Waals surface area (Å²) in [5, 5.41) is 14.6. The molecule has 3 N–H and O–H groups in total. The molecule has 0 saturated carbocycles. The zero-order valence-corrected chi connectivity index (χ0v) is 10.9. The van der Waals surface area contributed by atoms with Crippen LogP contribution in [0.1, 0.15) is 26.2 Å². The van der Waals surface area contributed by atoms with E-state index in [1.165, 1.54) is 0 Å². The third-order valence-corrected chi connectivity index (χ3v) is 2.23. The summed E-state index contributed by atoms with van der Waals surface area (Å²) in [5.41, 5.74) is 0. The fourth-order valence-electron chi connectivity index (χ4n) is 1.35. The van der Waals surface area contributed by atoms with Crippen LogP contribution in [0.3, 0.4) is 0 Å². The Labute approximate surface area is 107 Å². The van der Waals surface area contributed by atoms with Crippen LogP contribution in [0.4, 0.5) is 11.9 Å². The molecule has 102 valence electrons. The van der Waals surface area contributed by atoms with Crippen molar-refractivity contribution < 1.29 is 9.84 Å². The molecular formula is C11H21N5O2. The molecule has 0 aliphatic carbocycles. The van der Waals surface area contributed by atoms with Crippen molar-refractivity contribution in [2.75, 3.05) is 37.4 Å². The van der Waals surface area contributed by atoms with Gasteiger partial charge in [-0.1, -0.05) is 0 Å². The molecular weight excluding hydrogens is 234 g/mol. The second kappa shape index (κ2) is 8.46. The lowest BCUT2D eigenvalue weighted by Crippen LogP contribution is -2.10. The topological polar surface area (TPSA) is 92.2 Å². The van der Waals surface area contributed by atoms with E-state index < -0.39 is 0 Å². The largest absolute Gasteiger partial charge is 0.464 e. The molecule has 1 aromatic heterocycles. The van der Waals surface area contributed by atoms with Gasteiger partial charge in [-0.3, -0.25) is 0 Å². The summed E-state index contributed by atoms with van der Waals surface area (Å²) in [6, 6.07) is 0.315. The number of unbranched alkanes of at least 4 members (excludes halogenated alkanes) is 2. The van der Waals surface area contributed by atoms with E-state index in [0.717, 1.165) is 25.8 Å². The molecule has 7 heteroatoms. The minimum absolute atomic E-state index is 0.240. The number of nitrogens with zero attached hydrogens (tertiary/aromatic N) is 3. The van der Waals surface area contributed by atoms with Gasteiger partial charge in [0.05, 0.1) is 6.61 Å². The van der Waals surface area contributed by atoms with Crippen molar-refractivity contribution in [2.45, 2.75) is 26.2 Å². The van der Waals surface area contributed by atoms with Crippen molar-refractivity contribution in [1.29, 1.82) is 0 Å². The average Bonchev–Trinajstić information content (AvgIpc) is 2.38. The van der Waals surface area contributed by atoms with E-state index in [-0.39, 0.29) is 6.61 Å². The number of anilines is 2. The van der Waals surface area contributed by atoms with Crippen molar-refractivity contribution >= 4 is 11.9 Å². The van der Waals surface area contributed by atoms with Crippen molar-refractivity contribution in [1.82, 2.24) is 15.0 Å². The highest BCUT2D eigenvalue weighted by molar-refractivity contribution is 5.35. The second-order valence-electron chi connectivity index (χ2n) is 3.66. The first-order valence-corrected chi connectivity index (χ1v) is 6.21. The number of nitrogens with one attached hydrogen (secondary N) is 2. The first kappa shape index (κ1) is 14.4. The molecule has 18 heavy (non-hydrogen) atoms. The summed E-state index contributed by atoms with van der Waals surface area (Å²) in [6.07, 6.45) is 2.77. The fraction of sp³-hybridized carbons (Fsp3) is 0.727. The molecule has 0 spiro atoms. The maximum absolute atomic E-state index is 8.67. The number of rotatable bonds is 9. The minimum Gasteiger partial charge on any atom is -0.464 e. The third kappa shape index (κ3) is 5.13. The van der Waals surface area contributed by atoms with Gasteiger partial charge in [0.25, 0.3) is 0 Å². The SMILES string of the molecule is CCOc1nc(NC)nc(NCCCCCO)n1. The molecule has 1 aromatic rings. The van der Waals surface area contributed by atoms with Crippen molar-refractivity contribution in [2.24, 2.45) is 0 Å². The maximum atomic E-state index is 8.67. The molecule has 0 radical (unpaired) electrons. The monoisotopic (exact) mass is 255 g/mol. The molecule has 7 nitrogen and oxygen atoms in total. The maximum Gasteiger partial charge on any atom is 0.323 e. The summed E-state index contributed by atoms with van der Waals surface area (Å²) in [7, 11) is 1.75. The first-order chi connectivity index (χ1) is 8.80. The Morgan fingerprint density at radius 3 is 2.56 bits per heavy atom. The molecule has 0 aliphatic rings. The molecule has 1 rings (SSSR count). The summed E-state index contributed by atoms with van der Waals surface area (Å²) < 4.78 is 5.26. The molecule has 0 unspecified atom stereocenters. The van der Waals surface area contributed by atoms with Crippen LogP contribution in [0.25, 0.3) is 0 Å². The van der Waals surface area contributed by atoms with Crippen LogP contribution in [0.2, 0.25) is 0 Å². The smallest absolute Gasteiger partial charge is 0.323 e. The Balaban J connectivity index is 2.50. The molecule has 0 fully saturated rings. The predicted molar refractivity (Wildman–Crippen MR) is 70.0 cm³/mol. The molecule has 0 saturated heterocycles. The Hall–Kier alpha value is -1.63. The van der Waals surface area contributed by atoms with Crippen LogP contribution in [0.15, 0.2) is 0 Å². The van der Waals surface area contributed by atoms with Crippen molar-refractivity contribution in [3.05, 3.63) is 0 Å². The van der Waals surface area contributed by atoms with E-state index >= 15 is 0 Å². The highest BCUT2D eigenvalue weighted by Gasteiger charge is 2.05. The van der Waals surface area contributed by atoms with Crippen LogP contribution >= 0.6 is 0 Å². The van der Waals surface area contributed by atoms with Gasteiger partial charge in [-0.25, -0.2) is 0 Å². The van der Waals surface area contributed by atoms with Crippen LogP contribution in [0, 0.1) is 0 Å². The molecule has 0 bridgehead atoms. The third-order valence-electron chi connectivity index (χ3n) is 2.23. The number of aromatic nitrogens is 3. The van der Waals surface area contributed by atoms with Gasteiger partial charge in [-0.15, -0.1) is 0 Å². The van der Waals surface area contributed by atoms with Gasteiger partial charge in [-0.2, -0.15) is 15.0 Å². The average molecular weight is 255 g/mol. The zero-order valence-electron chi connectivity index (χ0n) is 10.9. The van der Waals surface area contributed by atoms with Gasteiger partial charge in [0.1, 0.15) is 0 Å². The number of hydrogen-bond acceptors (Lipinski definition) is 7. The summed E-state index contributed by atoms with van der Waals surface area (Å²) in [4.78, 5) is 12.4. The normalized spacial score (nSPS) is 10.2. The lowest BCUT2D eigenvalue weighted by Gasteiger charge is -2.08. The van der Waals surface area contributed by atoms with Crippen molar-refractivity contribution in [3.63, 3.8) is 0 Å². The Bertz CT molecular complexity index is 348. The van der Waals surface area contributed by atoms with Gasteiger partial charge >= 0.3 is 6.01 Å². The Morgan fingerprint density at radius 1 is 1.11 bits per heavy atom. The fourth-order valence-corrected chi connectivity index (χ4v) is 1.35. The van der Waals surface area contributed by atoms with Crippen LogP contribution in [-0.2, 0) is 0 Å². The van der Waals surface area contributed by atoms with Gasteiger partial charge in [-0.05, 0) is 26.2 Å². The van der Waals surface area contributed by atoms with Gasteiger partial charge in [0.15, 0.2) is 0 Å². The number of aliphatic hydroxyl groups excluding tert-OH is 1. The quantitative estimate of drug-likeness (QED) is 0.564. The van der Waals surface area contributed by atoms with E-state index in [9.17, 15) is 0 Å². The van der Waals surface area contributed by atoms with Crippen LogP contribution in [0.5, 0.6) is 6.01 Å². The van der Waals surface area contributed by atoms with Gasteiger partial charge in [0.2, 0.25) is 11.9 Å². The lowest BCUT2D eigenvalue weighted by atomic mass is 10.2. The van der Waals surface area contributed by atoms with E-state index in [0.29, 0.717) is 24.5 Å². The highest BCUT2D eigenvalue weighted by atomic mass is 16.5. The molecule has 0 aliphatic heterocycles. The first-order valence-electron chi connectivity index (χ1n) is 6.21. The summed E-state index contributed by atoms with van der Waals surface area (Å²) >= 11 is 0. The zero-order chi connectivity index (χ0) is 13.2. The van der Waals surface area contributed by atoms with E-state index in [2.05, 4.69) is 25.6 Å². The second-order valence-corrected chi connectivity index (χ2v) is 3.66. The number of hydrogen-bond donors (Lipinski definition) is 3. The van der Waals surface area contributed by atoms with Gasteiger partial charge < -0.3 is 20.5 Å². The van der Waals surface area contributed by atoms with Gasteiger partial charge in [0, 0.05) is 20.2 Å².